The lowest BCUT2D eigenvalue weighted by molar-refractivity contribution is -0.121. The largest absolute Gasteiger partial charge is 0.324 e. The van der Waals surface area contributed by atoms with Crippen LogP contribution in [0, 0.1) is 5.41 Å². The van der Waals surface area contributed by atoms with Gasteiger partial charge in [-0.3, -0.25) is 10.1 Å². The summed E-state index contributed by atoms with van der Waals surface area (Å²) in [6.45, 7) is 5.75. The molecule has 0 spiro atoms. The van der Waals surface area contributed by atoms with E-state index in [2.05, 4.69) is 24.2 Å². The first-order chi connectivity index (χ1) is 7.98. The maximum absolute atomic E-state index is 11.7. The smallest absolute Gasteiger partial charge is 0.323 e. The van der Waals surface area contributed by atoms with Crippen LogP contribution in [0.2, 0.25) is 0 Å². The first kappa shape index (κ1) is 12.4. The number of amides is 3. The van der Waals surface area contributed by atoms with Gasteiger partial charge in [0.15, 0.2) is 0 Å². The molecule has 2 aliphatic rings. The highest BCUT2D eigenvalue weighted by molar-refractivity contribution is 5.96. The number of hydrogen-bond donors (Lipinski definition) is 1. The fourth-order valence-electron chi connectivity index (χ4n) is 2.53. The molecule has 0 radical (unpaired) electrons. The average Bonchev–Trinajstić information content (AvgIpc) is 2.27. The Morgan fingerprint density at radius 3 is 2.47 bits per heavy atom. The lowest BCUT2D eigenvalue weighted by Crippen LogP contribution is -2.53. The van der Waals surface area contributed by atoms with Crippen LogP contribution in [0.4, 0.5) is 4.79 Å². The van der Waals surface area contributed by atoms with Gasteiger partial charge in [-0.1, -0.05) is 6.92 Å². The molecule has 2 saturated heterocycles. The van der Waals surface area contributed by atoms with Crippen molar-refractivity contribution in [3.05, 3.63) is 0 Å². The zero-order valence-electron chi connectivity index (χ0n) is 10.7. The van der Waals surface area contributed by atoms with E-state index in [0.717, 1.165) is 32.5 Å². The van der Waals surface area contributed by atoms with Gasteiger partial charge in [0.1, 0.15) is 0 Å². The Balaban J connectivity index is 1.91. The van der Waals surface area contributed by atoms with Gasteiger partial charge in [-0.05, 0) is 38.4 Å². The van der Waals surface area contributed by atoms with Crippen molar-refractivity contribution in [2.45, 2.75) is 26.2 Å². The van der Waals surface area contributed by atoms with Crippen LogP contribution in [0.1, 0.15) is 26.2 Å². The van der Waals surface area contributed by atoms with E-state index in [9.17, 15) is 9.59 Å². The third kappa shape index (κ3) is 2.97. The quantitative estimate of drug-likeness (QED) is 0.770. The minimum Gasteiger partial charge on any atom is -0.323 e. The van der Waals surface area contributed by atoms with Gasteiger partial charge in [0.05, 0.1) is 0 Å². The first-order valence-electron chi connectivity index (χ1n) is 6.26. The molecule has 0 saturated carbocycles. The fraction of sp³-hybridized carbons (Fsp3) is 0.833. The molecule has 3 amide bonds. The number of nitrogens with zero attached hydrogens (tertiary/aromatic N) is 2. The third-order valence-electron chi connectivity index (χ3n) is 3.91. The number of rotatable bonds is 2. The topological polar surface area (TPSA) is 52.6 Å². The lowest BCUT2D eigenvalue weighted by Gasteiger charge is -2.41. The van der Waals surface area contributed by atoms with Crippen LogP contribution in [-0.2, 0) is 4.79 Å². The summed E-state index contributed by atoms with van der Waals surface area (Å²) in [4.78, 5) is 26.8. The fourth-order valence-corrected chi connectivity index (χ4v) is 2.53. The van der Waals surface area contributed by atoms with Crippen molar-refractivity contribution in [2.75, 3.05) is 33.2 Å². The van der Waals surface area contributed by atoms with E-state index in [0.29, 0.717) is 13.0 Å². The van der Waals surface area contributed by atoms with Crippen LogP contribution in [0.25, 0.3) is 0 Å². The molecule has 0 aromatic carbocycles. The molecule has 0 atom stereocenters. The average molecular weight is 239 g/mol. The Morgan fingerprint density at radius 1 is 1.24 bits per heavy atom. The number of nitrogens with one attached hydrogen (secondary N) is 1. The van der Waals surface area contributed by atoms with Crippen molar-refractivity contribution >= 4 is 11.9 Å². The highest BCUT2D eigenvalue weighted by Crippen LogP contribution is 2.31. The molecule has 2 heterocycles. The third-order valence-corrected chi connectivity index (χ3v) is 3.91. The van der Waals surface area contributed by atoms with E-state index in [-0.39, 0.29) is 17.4 Å². The van der Waals surface area contributed by atoms with Gasteiger partial charge in [0.25, 0.3) is 0 Å². The number of hydrogen-bond acceptors (Lipinski definition) is 3. The zero-order chi connectivity index (χ0) is 12.5. The zero-order valence-corrected chi connectivity index (χ0v) is 10.7. The summed E-state index contributed by atoms with van der Waals surface area (Å²) in [5.74, 6) is -0.153. The van der Waals surface area contributed by atoms with Gasteiger partial charge < -0.3 is 9.80 Å². The highest BCUT2D eigenvalue weighted by atomic mass is 16.2. The SMILES string of the molecule is CN1CCC(C)(CN2CCC(=O)NC2=O)CC1. The Bertz CT molecular complexity index is 322. The number of carbonyl (C=O) groups is 2. The molecule has 2 rings (SSSR count). The normalized spacial score (nSPS) is 25.9. The van der Waals surface area contributed by atoms with Crippen molar-refractivity contribution in [3.8, 4) is 0 Å². The standard InChI is InChI=1S/C12H21N3O2/c1-12(4-7-14(2)8-5-12)9-15-6-3-10(16)13-11(15)17/h3-9H2,1-2H3,(H,13,16,17). The van der Waals surface area contributed by atoms with Crippen LogP contribution >= 0.6 is 0 Å². The summed E-state index contributed by atoms with van der Waals surface area (Å²) in [6.07, 6.45) is 2.66. The van der Waals surface area contributed by atoms with E-state index < -0.39 is 0 Å². The maximum atomic E-state index is 11.7. The number of piperidine rings is 1. The minimum atomic E-state index is -0.221. The molecule has 1 N–H and O–H groups in total. The molecule has 0 unspecified atom stereocenters. The Labute approximate surface area is 102 Å². The lowest BCUT2D eigenvalue weighted by atomic mass is 9.80. The summed E-state index contributed by atoms with van der Waals surface area (Å²) in [5, 5.41) is 2.38. The van der Waals surface area contributed by atoms with Gasteiger partial charge in [-0.25, -0.2) is 4.79 Å². The summed E-state index contributed by atoms with van der Waals surface area (Å²) < 4.78 is 0. The molecule has 17 heavy (non-hydrogen) atoms. The van der Waals surface area contributed by atoms with Gasteiger partial charge in [0, 0.05) is 19.5 Å². The number of imide groups is 1. The molecule has 96 valence electrons. The van der Waals surface area contributed by atoms with Crippen molar-refractivity contribution in [1.29, 1.82) is 0 Å². The van der Waals surface area contributed by atoms with Gasteiger partial charge in [0.2, 0.25) is 5.91 Å². The summed E-state index contributed by atoms with van der Waals surface area (Å²) in [7, 11) is 2.13. The van der Waals surface area contributed by atoms with Crippen LogP contribution in [-0.4, -0.2) is 55.0 Å². The van der Waals surface area contributed by atoms with E-state index >= 15 is 0 Å². The number of carbonyl (C=O) groups excluding carboxylic acids is 2. The predicted octanol–water partition coefficient (Wildman–Crippen LogP) is 0.660. The Hall–Kier alpha value is -1.10. The number of likely N-dealkylation sites (tertiary alicyclic amines) is 1. The molecule has 2 aliphatic heterocycles. The van der Waals surface area contributed by atoms with Gasteiger partial charge in [-0.2, -0.15) is 0 Å². The van der Waals surface area contributed by atoms with Crippen LogP contribution in [0.5, 0.6) is 0 Å². The molecule has 0 bridgehead atoms. The summed E-state index contributed by atoms with van der Waals surface area (Å²) in [6, 6.07) is -0.221. The van der Waals surface area contributed by atoms with Gasteiger partial charge >= 0.3 is 6.03 Å². The van der Waals surface area contributed by atoms with Crippen molar-refractivity contribution in [1.82, 2.24) is 15.1 Å². The second-order valence-electron chi connectivity index (χ2n) is 5.64. The first-order valence-corrected chi connectivity index (χ1v) is 6.26. The van der Waals surface area contributed by atoms with Crippen molar-refractivity contribution < 1.29 is 9.59 Å². The summed E-state index contributed by atoms with van der Waals surface area (Å²) in [5.41, 5.74) is 0.199. The molecular weight excluding hydrogens is 218 g/mol. The minimum absolute atomic E-state index is 0.153. The van der Waals surface area contributed by atoms with Gasteiger partial charge in [-0.15, -0.1) is 0 Å². The Morgan fingerprint density at radius 2 is 1.88 bits per heavy atom. The van der Waals surface area contributed by atoms with Crippen LogP contribution in [0.15, 0.2) is 0 Å². The second-order valence-corrected chi connectivity index (χ2v) is 5.64. The summed E-state index contributed by atoms with van der Waals surface area (Å²) >= 11 is 0. The molecule has 5 heteroatoms. The van der Waals surface area contributed by atoms with Crippen molar-refractivity contribution in [2.24, 2.45) is 5.41 Å². The predicted molar refractivity (Wildman–Crippen MR) is 64.6 cm³/mol. The van der Waals surface area contributed by atoms with E-state index in [4.69, 9.17) is 0 Å². The molecule has 5 nitrogen and oxygen atoms in total. The molecular formula is C12H21N3O2. The molecule has 0 aromatic rings. The number of urea groups is 1. The van der Waals surface area contributed by atoms with E-state index in [1.807, 2.05) is 0 Å². The van der Waals surface area contributed by atoms with E-state index in [1.54, 1.807) is 4.90 Å². The van der Waals surface area contributed by atoms with Crippen molar-refractivity contribution in [3.63, 3.8) is 0 Å². The second kappa shape index (κ2) is 4.64. The Kier molecular flexibility index (Phi) is 3.38. The monoisotopic (exact) mass is 239 g/mol. The van der Waals surface area contributed by atoms with Crippen LogP contribution < -0.4 is 5.32 Å². The maximum Gasteiger partial charge on any atom is 0.324 e. The molecule has 2 fully saturated rings. The molecule has 0 aromatic heterocycles. The van der Waals surface area contributed by atoms with Crippen LogP contribution in [0.3, 0.4) is 0 Å². The highest BCUT2D eigenvalue weighted by Gasteiger charge is 2.34. The molecule has 0 aliphatic carbocycles. The van der Waals surface area contributed by atoms with E-state index in [1.165, 1.54) is 0 Å².